The van der Waals surface area contributed by atoms with Crippen molar-refractivity contribution in [1.82, 2.24) is 9.13 Å². The van der Waals surface area contributed by atoms with Crippen molar-refractivity contribution in [3.63, 3.8) is 0 Å². The van der Waals surface area contributed by atoms with E-state index in [1.165, 1.54) is 22.3 Å². The summed E-state index contributed by atoms with van der Waals surface area (Å²) in [4.78, 5) is 4.49. The normalized spacial score (nSPS) is 11.4. The van der Waals surface area contributed by atoms with Gasteiger partial charge >= 0.3 is 0 Å². The first-order chi connectivity index (χ1) is 27.9. The van der Waals surface area contributed by atoms with Crippen LogP contribution in [0.4, 0.5) is 5.69 Å². The van der Waals surface area contributed by atoms with Gasteiger partial charge in [0.1, 0.15) is 0 Å². The molecule has 2 aromatic heterocycles. The number of nitriles is 1. The smallest absolute Gasteiger partial charge is 0.234 e. The lowest BCUT2D eigenvalue weighted by molar-refractivity contribution is 1.14. The molecule has 0 saturated heterocycles. The van der Waals surface area contributed by atoms with Crippen LogP contribution in [0.3, 0.4) is 0 Å². The number of hydrogen-bond acceptors (Lipinski definition) is 1. The van der Waals surface area contributed by atoms with Crippen LogP contribution in [0.15, 0.2) is 164 Å². The summed E-state index contributed by atoms with van der Waals surface area (Å²) < 4.78 is 4.57. The lowest BCUT2D eigenvalue weighted by Crippen LogP contribution is -2.03. The predicted molar refractivity (Wildman–Crippen MR) is 237 cm³/mol. The topological polar surface area (TPSA) is 38.0 Å². The Morgan fingerprint density at radius 2 is 1.00 bits per heavy atom. The second kappa shape index (κ2) is 13.3. The molecule has 2 heterocycles. The van der Waals surface area contributed by atoms with E-state index in [2.05, 4.69) is 186 Å². The quantitative estimate of drug-likeness (QED) is 0.163. The van der Waals surface area contributed by atoms with Crippen LogP contribution in [-0.4, -0.2) is 9.13 Å². The summed E-state index contributed by atoms with van der Waals surface area (Å²) in [5, 5.41) is 14.6. The molecule has 57 heavy (non-hydrogen) atoms. The van der Waals surface area contributed by atoms with Crippen molar-refractivity contribution in [2.24, 2.45) is 0 Å². The van der Waals surface area contributed by atoms with Gasteiger partial charge in [-0.05, 0) is 113 Å². The Morgan fingerprint density at radius 1 is 0.474 bits per heavy atom. The van der Waals surface area contributed by atoms with Crippen molar-refractivity contribution in [2.45, 2.75) is 20.8 Å². The maximum absolute atomic E-state index is 10.1. The SMILES string of the molecule is [C-]#[N+]c1c(-n2c3ccccc3c3ccc(-c4ccccc4C)cc32)ccc(-c2cc(C)cc(C#N)c2)c1-n1c2ccccc2c2ccc(-c3ccccc3C)cc21. The summed E-state index contributed by atoms with van der Waals surface area (Å²) in [6, 6.07) is 59.9. The molecule has 0 N–H and O–H groups in total. The third-order valence-corrected chi connectivity index (χ3v) is 11.5. The monoisotopic (exact) mass is 728 g/mol. The fourth-order valence-electron chi connectivity index (χ4n) is 8.89. The summed E-state index contributed by atoms with van der Waals surface area (Å²) in [6.07, 6.45) is 0. The van der Waals surface area contributed by atoms with E-state index in [0.717, 1.165) is 82.8 Å². The number of benzene rings is 8. The van der Waals surface area contributed by atoms with Gasteiger partial charge in [0, 0.05) is 21.5 Å². The van der Waals surface area contributed by atoms with Gasteiger partial charge in [0.05, 0.1) is 51.6 Å². The molecule has 0 saturated carbocycles. The molecule has 4 nitrogen and oxygen atoms in total. The minimum Gasteiger partial charge on any atom is -0.319 e. The van der Waals surface area contributed by atoms with Crippen LogP contribution in [0.5, 0.6) is 0 Å². The maximum Gasteiger partial charge on any atom is 0.234 e. The number of nitrogens with zero attached hydrogens (tertiary/aromatic N) is 4. The Morgan fingerprint density at radius 3 is 1.58 bits per heavy atom. The maximum atomic E-state index is 10.1. The molecule has 10 aromatic rings. The van der Waals surface area contributed by atoms with E-state index in [4.69, 9.17) is 6.57 Å². The van der Waals surface area contributed by atoms with Crippen molar-refractivity contribution in [3.8, 4) is 50.8 Å². The molecule has 0 bridgehead atoms. The molecule has 268 valence electrons. The van der Waals surface area contributed by atoms with Crippen LogP contribution < -0.4 is 0 Å². The van der Waals surface area contributed by atoms with Gasteiger partial charge in [0.25, 0.3) is 0 Å². The molecule has 0 aliphatic heterocycles. The second-order valence-electron chi connectivity index (χ2n) is 14.9. The number of hydrogen-bond donors (Lipinski definition) is 0. The standard InChI is InChI=1S/C53H36N4/c1-33-27-36(32-54)29-39(28-33)42-25-26-49(56-47-19-11-9-17-43(47)45-23-21-37(30-50(45)56)40-15-7-5-13-34(40)2)52(55-4)53(42)57-48-20-12-10-18-44(48)46-24-22-38(31-51(46)57)41-16-8-6-14-35(41)3/h5-31H,1-3H3. The predicted octanol–water partition coefficient (Wildman–Crippen LogP) is 14.2. The zero-order chi connectivity index (χ0) is 38.8. The van der Waals surface area contributed by atoms with Crippen LogP contribution in [-0.2, 0) is 0 Å². The average molecular weight is 729 g/mol. The molecule has 0 radical (unpaired) electrons. The Hall–Kier alpha value is -7.66. The first-order valence-electron chi connectivity index (χ1n) is 19.2. The molecule has 4 heteroatoms. The largest absolute Gasteiger partial charge is 0.319 e. The third-order valence-electron chi connectivity index (χ3n) is 11.5. The van der Waals surface area contributed by atoms with Crippen LogP contribution in [0.25, 0.3) is 93.2 Å². The van der Waals surface area contributed by atoms with Gasteiger partial charge in [0.2, 0.25) is 5.69 Å². The Labute approximate surface area is 331 Å². The van der Waals surface area contributed by atoms with Crippen LogP contribution >= 0.6 is 0 Å². The first kappa shape index (κ1) is 33.9. The Balaban J connectivity index is 1.36. The molecule has 10 rings (SSSR count). The van der Waals surface area contributed by atoms with Crippen LogP contribution in [0.2, 0.25) is 0 Å². The van der Waals surface area contributed by atoms with Gasteiger partial charge in [-0.15, -0.1) is 0 Å². The Kier molecular flexibility index (Phi) is 7.89. The van der Waals surface area contributed by atoms with Gasteiger partial charge < -0.3 is 9.13 Å². The highest BCUT2D eigenvalue weighted by atomic mass is 15.1. The fourth-order valence-corrected chi connectivity index (χ4v) is 8.89. The van der Waals surface area contributed by atoms with Crippen molar-refractivity contribution in [3.05, 3.63) is 197 Å². The molecule has 8 aromatic carbocycles. The molecule has 0 spiro atoms. The lowest BCUT2D eigenvalue weighted by atomic mass is 9.97. The molecular weight excluding hydrogens is 693 g/mol. The molecule has 0 fully saturated rings. The summed E-state index contributed by atoms with van der Waals surface area (Å²) in [6.45, 7) is 15.4. The first-order valence-corrected chi connectivity index (χ1v) is 19.2. The number of aromatic nitrogens is 2. The van der Waals surface area contributed by atoms with E-state index in [-0.39, 0.29) is 0 Å². The zero-order valence-electron chi connectivity index (χ0n) is 31.9. The highest BCUT2D eigenvalue weighted by molar-refractivity contribution is 6.13. The summed E-state index contributed by atoms with van der Waals surface area (Å²) in [5.41, 5.74) is 16.5. The second-order valence-corrected chi connectivity index (χ2v) is 14.9. The van der Waals surface area contributed by atoms with Gasteiger partial charge in [-0.3, -0.25) is 0 Å². The average Bonchev–Trinajstić information content (AvgIpc) is 3.75. The van der Waals surface area contributed by atoms with Crippen molar-refractivity contribution in [2.75, 3.05) is 0 Å². The van der Waals surface area contributed by atoms with Gasteiger partial charge in [-0.25, -0.2) is 4.85 Å². The van der Waals surface area contributed by atoms with E-state index < -0.39 is 0 Å². The minimum absolute atomic E-state index is 0.528. The van der Waals surface area contributed by atoms with Crippen LogP contribution in [0.1, 0.15) is 22.3 Å². The van der Waals surface area contributed by atoms with Crippen molar-refractivity contribution in [1.29, 1.82) is 5.26 Å². The lowest BCUT2D eigenvalue weighted by Gasteiger charge is -2.21. The molecule has 0 amide bonds. The zero-order valence-corrected chi connectivity index (χ0v) is 31.9. The van der Waals surface area contributed by atoms with Gasteiger partial charge in [0.15, 0.2) is 0 Å². The molecule has 0 aliphatic carbocycles. The van der Waals surface area contributed by atoms with E-state index in [0.29, 0.717) is 11.3 Å². The number of fused-ring (bicyclic) bond motifs is 6. The molecule has 0 aliphatic rings. The highest BCUT2D eigenvalue weighted by Gasteiger charge is 2.25. The Bertz CT molecular complexity index is 3360. The van der Waals surface area contributed by atoms with Crippen LogP contribution in [0, 0.1) is 38.7 Å². The minimum atomic E-state index is 0.528. The number of aryl methyl sites for hydroxylation is 3. The third kappa shape index (κ3) is 5.35. The van der Waals surface area contributed by atoms with Crippen molar-refractivity contribution < 1.29 is 0 Å². The number of rotatable bonds is 5. The molecule has 0 atom stereocenters. The number of para-hydroxylation sites is 2. The fraction of sp³-hybridized carbons (Fsp3) is 0.0566. The summed E-state index contributed by atoms with van der Waals surface area (Å²) in [5.74, 6) is 0. The van der Waals surface area contributed by atoms with E-state index in [1.54, 1.807) is 0 Å². The summed E-state index contributed by atoms with van der Waals surface area (Å²) in [7, 11) is 0. The van der Waals surface area contributed by atoms with Gasteiger partial charge in [-0.1, -0.05) is 121 Å². The molecular formula is C53H36N4. The van der Waals surface area contributed by atoms with Crippen molar-refractivity contribution >= 4 is 49.3 Å². The molecule has 0 unspecified atom stereocenters. The van der Waals surface area contributed by atoms with Gasteiger partial charge in [-0.2, -0.15) is 5.26 Å². The van der Waals surface area contributed by atoms with E-state index in [1.807, 2.05) is 19.1 Å². The van der Waals surface area contributed by atoms with E-state index in [9.17, 15) is 5.26 Å². The van der Waals surface area contributed by atoms with E-state index >= 15 is 0 Å². The summed E-state index contributed by atoms with van der Waals surface area (Å²) >= 11 is 0. The highest BCUT2D eigenvalue weighted by Crippen LogP contribution is 2.47.